The summed E-state index contributed by atoms with van der Waals surface area (Å²) in [5.74, 6) is 1.66. The Bertz CT molecular complexity index is 741. The summed E-state index contributed by atoms with van der Waals surface area (Å²) in [5.41, 5.74) is 0.763. The van der Waals surface area contributed by atoms with Gasteiger partial charge in [0.1, 0.15) is 11.1 Å². The average Bonchev–Trinajstić information content (AvgIpc) is 3.26. The van der Waals surface area contributed by atoms with E-state index in [0.29, 0.717) is 22.0 Å². The van der Waals surface area contributed by atoms with Crippen LogP contribution in [0, 0.1) is 0 Å². The van der Waals surface area contributed by atoms with E-state index in [-0.39, 0.29) is 12.0 Å². The lowest BCUT2D eigenvalue weighted by Gasteiger charge is -2.12. The molecule has 24 heavy (non-hydrogen) atoms. The van der Waals surface area contributed by atoms with Crippen molar-refractivity contribution in [2.75, 3.05) is 23.9 Å². The molecule has 1 fully saturated rings. The first-order valence-electron chi connectivity index (χ1n) is 7.35. The lowest BCUT2D eigenvalue weighted by molar-refractivity contribution is 0.0602. The predicted molar refractivity (Wildman–Crippen MR) is 94.2 cm³/mol. The molecule has 0 radical (unpaired) electrons. The Hall–Kier alpha value is -2.06. The minimum Gasteiger partial charge on any atom is -0.473 e. The molecule has 1 saturated heterocycles. The highest BCUT2D eigenvalue weighted by atomic mass is 32.2. The Morgan fingerprint density at radius 3 is 3.00 bits per heavy atom. The van der Waals surface area contributed by atoms with Crippen LogP contribution in [0.2, 0.25) is 0 Å². The molecule has 3 heterocycles. The van der Waals surface area contributed by atoms with E-state index in [0.717, 1.165) is 17.9 Å². The number of nitrogens with zero attached hydrogens (tertiary/aromatic N) is 1. The van der Waals surface area contributed by atoms with E-state index in [1.165, 1.54) is 18.4 Å². The number of esters is 1. The summed E-state index contributed by atoms with van der Waals surface area (Å²) < 4.78 is 10.5. The summed E-state index contributed by atoms with van der Waals surface area (Å²) >= 11 is 3.11. The molecule has 126 valence electrons. The summed E-state index contributed by atoms with van der Waals surface area (Å²) in [6.45, 7) is 0. The number of nitrogens with one attached hydrogen (secondary N) is 1. The van der Waals surface area contributed by atoms with E-state index >= 15 is 0 Å². The van der Waals surface area contributed by atoms with Crippen molar-refractivity contribution in [2.45, 2.75) is 12.5 Å². The first-order chi connectivity index (χ1) is 11.7. The number of carbonyl (C=O) groups is 2. The molecular weight excluding hydrogens is 348 g/mol. The van der Waals surface area contributed by atoms with Gasteiger partial charge in [-0.25, -0.2) is 9.78 Å². The van der Waals surface area contributed by atoms with Gasteiger partial charge >= 0.3 is 5.97 Å². The average molecular weight is 364 g/mol. The molecule has 2 aromatic rings. The highest BCUT2D eigenvalue weighted by molar-refractivity contribution is 7.99. The van der Waals surface area contributed by atoms with Crippen LogP contribution in [0.5, 0.6) is 5.88 Å². The van der Waals surface area contributed by atoms with Crippen molar-refractivity contribution in [1.82, 2.24) is 4.98 Å². The van der Waals surface area contributed by atoms with E-state index in [1.54, 1.807) is 29.8 Å². The number of pyridine rings is 1. The Balaban J connectivity index is 1.71. The number of hydrogen-bond acceptors (Lipinski definition) is 7. The van der Waals surface area contributed by atoms with E-state index in [9.17, 15) is 9.59 Å². The van der Waals surface area contributed by atoms with Crippen molar-refractivity contribution < 1.29 is 19.1 Å². The molecule has 0 aromatic carbocycles. The van der Waals surface area contributed by atoms with Crippen molar-refractivity contribution in [3.63, 3.8) is 0 Å². The lowest BCUT2D eigenvalue weighted by atomic mass is 10.2. The van der Waals surface area contributed by atoms with Crippen LogP contribution in [-0.4, -0.2) is 41.6 Å². The van der Waals surface area contributed by atoms with Gasteiger partial charge in [-0.2, -0.15) is 11.8 Å². The number of amides is 1. The van der Waals surface area contributed by atoms with Crippen molar-refractivity contribution in [1.29, 1.82) is 0 Å². The number of hydrogen-bond donors (Lipinski definition) is 1. The maximum Gasteiger partial charge on any atom is 0.340 e. The van der Waals surface area contributed by atoms with Gasteiger partial charge in [0.05, 0.1) is 12.7 Å². The molecule has 1 unspecified atom stereocenters. The Morgan fingerprint density at radius 2 is 2.25 bits per heavy atom. The van der Waals surface area contributed by atoms with Crippen molar-refractivity contribution in [2.24, 2.45) is 0 Å². The largest absolute Gasteiger partial charge is 0.473 e. The number of thiophene rings is 1. The highest BCUT2D eigenvalue weighted by Gasteiger charge is 2.19. The second-order valence-electron chi connectivity index (χ2n) is 5.10. The summed E-state index contributed by atoms with van der Waals surface area (Å²) in [7, 11) is 1.30. The fourth-order valence-corrected chi connectivity index (χ4v) is 4.11. The minimum absolute atomic E-state index is 0.143. The van der Waals surface area contributed by atoms with Crippen molar-refractivity contribution >= 4 is 40.0 Å². The van der Waals surface area contributed by atoms with Crippen LogP contribution in [0.4, 0.5) is 5.00 Å². The first-order valence-corrected chi connectivity index (χ1v) is 9.38. The van der Waals surface area contributed by atoms with Gasteiger partial charge in [0.2, 0.25) is 5.88 Å². The summed E-state index contributed by atoms with van der Waals surface area (Å²) in [6.07, 6.45) is 2.67. The molecule has 6 nitrogen and oxygen atoms in total. The standard InChI is InChI=1S/C16H16N2O4S2/c1-21-16(20)12-4-7-24-15(12)18-14(19)10-2-5-17-13(8-10)22-11-3-6-23-9-11/h2,4-5,7-8,11H,3,6,9H2,1H3,(H,18,19). The van der Waals surface area contributed by atoms with Crippen LogP contribution < -0.4 is 10.1 Å². The molecule has 1 amide bonds. The molecule has 1 aliphatic rings. The van der Waals surface area contributed by atoms with E-state index in [2.05, 4.69) is 10.3 Å². The van der Waals surface area contributed by atoms with E-state index in [4.69, 9.17) is 9.47 Å². The Kier molecular flexibility index (Phi) is 5.37. The maximum absolute atomic E-state index is 12.4. The quantitative estimate of drug-likeness (QED) is 0.822. The number of carbonyl (C=O) groups excluding carboxylic acids is 2. The second-order valence-corrected chi connectivity index (χ2v) is 7.16. The summed E-state index contributed by atoms with van der Waals surface area (Å²) in [5, 5.41) is 4.91. The number of rotatable bonds is 5. The number of methoxy groups -OCH3 is 1. The SMILES string of the molecule is COC(=O)c1ccsc1NC(=O)c1ccnc(OC2CCSC2)c1. The molecule has 1 aliphatic heterocycles. The number of aromatic nitrogens is 1. The molecule has 2 aromatic heterocycles. The van der Waals surface area contributed by atoms with Gasteiger partial charge in [0, 0.05) is 23.6 Å². The lowest BCUT2D eigenvalue weighted by Crippen LogP contribution is -2.17. The fraction of sp³-hybridized carbons (Fsp3) is 0.312. The van der Waals surface area contributed by atoms with Gasteiger partial charge in [-0.1, -0.05) is 0 Å². The summed E-state index contributed by atoms with van der Waals surface area (Å²) in [4.78, 5) is 28.2. The topological polar surface area (TPSA) is 77.5 Å². The molecule has 1 N–H and O–H groups in total. The number of anilines is 1. The van der Waals surface area contributed by atoms with Gasteiger partial charge in [0.25, 0.3) is 5.91 Å². The predicted octanol–water partition coefficient (Wildman–Crippen LogP) is 3.07. The van der Waals surface area contributed by atoms with Crippen LogP contribution in [0.15, 0.2) is 29.8 Å². The third kappa shape index (κ3) is 3.88. The molecule has 0 aliphatic carbocycles. The zero-order valence-electron chi connectivity index (χ0n) is 13.0. The smallest absolute Gasteiger partial charge is 0.340 e. The van der Waals surface area contributed by atoms with Crippen molar-refractivity contribution in [3.05, 3.63) is 40.9 Å². The van der Waals surface area contributed by atoms with Crippen LogP contribution in [0.25, 0.3) is 0 Å². The third-order valence-corrected chi connectivity index (χ3v) is 5.43. The normalized spacial score (nSPS) is 16.6. The highest BCUT2D eigenvalue weighted by Crippen LogP contribution is 2.25. The zero-order valence-corrected chi connectivity index (χ0v) is 14.6. The monoisotopic (exact) mass is 364 g/mol. The van der Waals surface area contributed by atoms with Crippen LogP contribution in [0.1, 0.15) is 27.1 Å². The molecule has 1 atom stereocenters. The second kappa shape index (κ2) is 7.67. The Morgan fingerprint density at radius 1 is 1.38 bits per heavy atom. The van der Waals surface area contributed by atoms with Crippen LogP contribution >= 0.6 is 23.1 Å². The van der Waals surface area contributed by atoms with Gasteiger partial charge in [-0.3, -0.25) is 4.79 Å². The molecule has 0 spiro atoms. The summed E-state index contributed by atoms with van der Waals surface area (Å²) in [6, 6.07) is 4.84. The third-order valence-electron chi connectivity index (χ3n) is 3.47. The minimum atomic E-state index is -0.482. The molecule has 0 bridgehead atoms. The first kappa shape index (κ1) is 16.8. The van der Waals surface area contributed by atoms with Crippen LogP contribution in [0.3, 0.4) is 0 Å². The Labute approximate surface area is 147 Å². The molecule has 3 rings (SSSR count). The van der Waals surface area contributed by atoms with Crippen LogP contribution in [-0.2, 0) is 4.74 Å². The van der Waals surface area contributed by atoms with Gasteiger partial charge < -0.3 is 14.8 Å². The maximum atomic E-state index is 12.4. The molecule has 8 heteroatoms. The number of thioether (sulfide) groups is 1. The van der Waals surface area contributed by atoms with E-state index < -0.39 is 5.97 Å². The van der Waals surface area contributed by atoms with E-state index in [1.807, 2.05) is 11.8 Å². The van der Waals surface area contributed by atoms with Gasteiger partial charge in [-0.05, 0) is 29.7 Å². The van der Waals surface area contributed by atoms with Gasteiger partial charge in [0.15, 0.2) is 0 Å². The van der Waals surface area contributed by atoms with Gasteiger partial charge in [-0.15, -0.1) is 11.3 Å². The number of ether oxygens (including phenoxy) is 2. The van der Waals surface area contributed by atoms with Crippen molar-refractivity contribution in [3.8, 4) is 5.88 Å². The fourth-order valence-electron chi connectivity index (χ4n) is 2.24. The zero-order chi connectivity index (χ0) is 16.9. The molecular formula is C16H16N2O4S2. The molecule has 0 saturated carbocycles.